The lowest BCUT2D eigenvalue weighted by atomic mass is 11.1. The molecule has 6 heteroatoms. The molecule has 18 heavy (non-hydrogen) atoms. The van der Waals surface area contributed by atoms with Gasteiger partial charge in [-0.05, 0) is 12.1 Å². The van der Waals surface area contributed by atoms with Crippen molar-refractivity contribution in [3.63, 3.8) is 0 Å². The van der Waals surface area contributed by atoms with Gasteiger partial charge in [0.25, 0.3) is 0 Å². The fraction of sp³-hybridized carbons (Fsp3) is 0. The average molecular weight is 352 g/mol. The summed E-state index contributed by atoms with van der Waals surface area (Å²) in [6.07, 6.45) is 0. The van der Waals surface area contributed by atoms with Crippen molar-refractivity contribution in [2.24, 2.45) is 0 Å². The van der Waals surface area contributed by atoms with Gasteiger partial charge in [-0.2, -0.15) is 0 Å². The highest BCUT2D eigenvalue weighted by Crippen LogP contribution is 2.42. The Morgan fingerprint density at radius 3 is 2.00 bits per heavy atom. The van der Waals surface area contributed by atoms with Crippen LogP contribution in [0.3, 0.4) is 0 Å². The molecule has 0 unspecified atom stereocenters. The summed E-state index contributed by atoms with van der Waals surface area (Å²) in [4.78, 5) is 0. The fourth-order valence-corrected chi connectivity index (χ4v) is 2.76. The number of fused-ring (bicyclic) bond motifs is 3. The van der Waals surface area contributed by atoms with E-state index in [9.17, 15) is 0 Å². The molecule has 3 aromatic rings. The summed E-state index contributed by atoms with van der Waals surface area (Å²) in [5.41, 5.74) is 1.05. The Bertz CT molecular complexity index is 790. The van der Waals surface area contributed by atoms with E-state index in [0.717, 1.165) is 10.8 Å². The average Bonchev–Trinajstić information content (AvgIpc) is 2.66. The molecule has 0 atom stereocenters. The van der Waals surface area contributed by atoms with Gasteiger partial charge in [0.2, 0.25) is 0 Å². The predicted molar refractivity (Wildman–Crippen MR) is 78.8 cm³/mol. The lowest BCUT2D eigenvalue weighted by molar-refractivity contribution is 0.669. The zero-order valence-corrected chi connectivity index (χ0v) is 12.3. The van der Waals surface area contributed by atoms with Crippen LogP contribution < -0.4 is 0 Å². The maximum atomic E-state index is 6.11. The molecule has 1 nitrogen and oxygen atoms in total. The molecule has 0 aliphatic heterocycles. The number of halogens is 5. The van der Waals surface area contributed by atoms with Gasteiger partial charge in [0.1, 0.15) is 10.6 Å². The molecule has 0 amide bonds. The minimum Gasteiger partial charge on any atom is -0.454 e. The van der Waals surface area contributed by atoms with Gasteiger partial charge in [0.15, 0.2) is 5.58 Å². The highest BCUT2D eigenvalue weighted by molar-refractivity contribution is 6.51. The van der Waals surface area contributed by atoms with Gasteiger partial charge in [0.05, 0.1) is 20.1 Å². The Labute approximate surface area is 127 Å². The Kier molecular flexibility index (Phi) is 3.08. The van der Waals surface area contributed by atoms with Crippen molar-refractivity contribution in [2.75, 3.05) is 0 Å². The standard InChI is InChI=1S/C12H3Cl5O/c13-6-1-4-5-2-8(15)10(16)11(17)12(5)18-9(4)3-7(6)14/h1-3H/i1+1,2+1,3+1,4+1,5+1,6+1,7+1,8+1,9+1,10+1,11+1,12+1. The maximum Gasteiger partial charge on any atom is 0.155 e. The molecular formula is C12H3Cl5O. The van der Waals surface area contributed by atoms with Crippen molar-refractivity contribution < 1.29 is 4.42 Å². The minimum absolute atomic E-state index is 0.266. The molecule has 0 radical (unpaired) electrons. The van der Waals surface area contributed by atoms with Crippen LogP contribution in [0.25, 0.3) is 21.9 Å². The zero-order valence-electron chi connectivity index (χ0n) is 8.53. The fourth-order valence-electron chi connectivity index (χ4n) is 1.81. The van der Waals surface area contributed by atoms with Crippen molar-refractivity contribution in [2.45, 2.75) is 0 Å². The molecule has 3 rings (SSSR count). The second-order valence-electron chi connectivity index (χ2n) is 3.73. The van der Waals surface area contributed by atoms with E-state index >= 15 is 0 Å². The third-order valence-corrected chi connectivity index (χ3v) is 4.61. The second kappa shape index (κ2) is 4.36. The number of benzene rings is 2. The first-order valence-electron chi connectivity index (χ1n) is 4.84. The monoisotopic (exact) mass is 350 g/mol. The normalized spacial score (nSPS) is 11.6. The Hall–Kier alpha value is -0.310. The van der Waals surface area contributed by atoms with Crippen LogP contribution in [0, 0.1) is 0 Å². The molecule has 1 heterocycles. The maximum absolute atomic E-state index is 6.11. The predicted octanol–water partition coefficient (Wildman–Crippen LogP) is 6.85. The first kappa shape index (κ1) is 12.7. The Morgan fingerprint density at radius 2 is 1.28 bits per heavy atom. The van der Waals surface area contributed by atoms with E-state index in [1.54, 1.807) is 18.2 Å². The van der Waals surface area contributed by atoms with Crippen LogP contribution in [-0.2, 0) is 0 Å². The van der Waals surface area contributed by atoms with Crippen LogP contribution in [-0.4, -0.2) is 0 Å². The van der Waals surface area contributed by atoms with E-state index in [4.69, 9.17) is 62.4 Å². The highest BCUT2D eigenvalue weighted by Gasteiger charge is 2.16. The topological polar surface area (TPSA) is 13.1 Å². The summed E-state index contributed by atoms with van der Waals surface area (Å²) in [7, 11) is 0. The Balaban J connectivity index is 2.56. The van der Waals surface area contributed by atoms with Crippen LogP contribution in [0.2, 0.25) is 25.1 Å². The van der Waals surface area contributed by atoms with E-state index in [2.05, 4.69) is 0 Å². The summed E-state index contributed by atoms with van der Waals surface area (Å²) in [5.74, 6) is 0. The Morgan fingerprint density at radius 1 is 0.667 bits per heavy atom. The van der Waals surface area contributed by atoms with Gasteiger partial charge in [-0.15, -0.1) is 0 Å². The molecule has 2 aromatic carbocycles. The molecule has 92 valence electrons. The quantitative estimate of drug-likeness (QED) is 0.403. The van der Waals surface area contributed by atoms with Crippen molar-refractivity contribution in [3.05, 3.63) is 43.3 Å². The summed E-state index contributed by atoms with van der Waals surface area (Å²) >= 11 is 30.0. The molecule has 0 bridgehead atoms. The van der Waals surface area contributed by atoms with E-state index in [-0.39, 0.29) is 10.0 Å². The number of hydrogen-bond donors (Lipinski definition) is 0. The molecule has 0 N–H and O–H groups in total. The first-order valence-corrected chi connectivity index (χ1v) is 6.73. The molecule has 0 fully saturated rings. The molecule has 0 aliphatic rings. The summed E-state index contributed by atoms with van der Waals surface area (Å²) < 4.78 is 5.64. The van der Waals surface area contributed by atoms with Crippen LogP contribution in [0.4, 0.5) is 0 Å². The summed E-state index contributed by atoms with van der Waals surface area (Å²) in [5, 5.41) is 3.31. The van der Waals surface area contributed by atoms with Crippen LogP contribution in [0.1, 0.15) is 0 Å². The van der Waals surface area contributed by atoms with Gasteiger partial charge in [0, 0.05) is 16.8 Å². The van der Waals surface area contributed by atoms with Crippen molar-refractivity contribution in [1.29, 1.82) is 0 Å². The lowest BCUT2D eigenvalue weighted by Gasteiger charge is -1.99. The molecule has 0 saturated carbocycles. The molecule has 0 saturated heterocycles. The van der Waals surface area contributed by atoms with Crippen molar-refractivity contribution >= 4 is 79.9 Å². The van der Waals surface area contributed by atoms with Gasteiger partial charge >= 0.3 is 0 Å². The molecular weight excluding hydrogens is 349 g/mol. The molecule has 0 spiro atoms. The van der Waals surface area contributed by atoms with E-state index < -0.39 is 0 Å². The first-order chi connectivity index (χ1) is 8.49. The summed E-state index contributed by atoms with van der Waals surface area (Å²) in [6.45, 7) is 0. The lowest BCUT2D eigenvalue weighted by Crippen LogP contribution is -1.74. The number of hydrogen-bond acceptors (Lipinski definition) is 1. The van der Waals surface area contributed by atoms with Gasteiger partial charge in [-0.1, -0.05) is 58.0 Å². The number of furan rings is 1. The zero-order chi connectivity index (χ0) is 13.0. The van der Waals surface area contributed by atoms with Gasteiger partial charge in [-0.3, -0.25) is 0 Å². The summed E-state index contributed by atoms with van der Waals surface area (Å²) in [6, 6.07) is 5.05. The van der Waals surface area contributed by atoms with Crippen LogP contribution in [0.5, 0.6) is 0 Å². The molecule has 0 aliphatic carbocycles. The van der Waals surface area contributed by atoms with Gasteiger partial charge in [-0.25, -0.2) is 0 Å². The smallest absolute Gasteiger partial charge is 0.155 e. The SMILES string of the molecule is Cl[13c]1[13cH][13c]2o[13c]3[13c](Cl)[13c](Cl)[13c](Cl)[13cH][13c]3[13c]2[13cH][13c]1Cl. The van der Waals surface area contributed by atoms with Crippen LogP contribution >= 0.6 is 58.0 Å². The van der Waals surface area contributed by atoms with E-state index in [1.807, 2.05) is 0 Å². The van der Waals surface area contributed by atoms with E-state index in [0.29, 0.717) is 26.2 Å². The number of rotatable bonds is 0. The second-order valence-corrected chi connectivity index (χ2v) is 5.71. The third-order valence-electron chi connectivity index (χ3n) is 2.64. The molecule has 1 aromatic heterocycles. The van der Waals surface area contributed by atoms with Crippen molar-refractivity contribution in [1.82, 2.24) is 0 Å². The largest absolute Gasteiger partial charge is 0.454 e. The van der Waals surface area contributed by atoms with E-state index in [1.165, 1.54) is 0 Å². The van der Waals surface area contributed by atoms with Crippen LogP contribution in [0.15, 0.2) is 22.6 Å². The van der Waals surface area contributed by atoms with Crippen molar-refractivity contribution in [3.8, 4) is 0 Å². The van der Waals surface area contributed by atoms with Gasteiger partial charge < -0.3 is 4.42 Å². The third kappa shape index (κ3) is 1.77. The highest BCUT2D eigenvalue weighted by atomic mass is 35.5. The minimum atomic E-state index is 0.266.